The van der Waals surface area contributed by atoms with Crippen LogP contribution in [0.3, 0.4) is 0 Å². The zero-order valence-corrected chi connectivity index (χ0v) is 12.4. The van der Waals surface area contributed by atoms with Gasteiger partial charge in [-0.1, -0.05) is 18.2 Å². The number of nitrogens with two attached hydrogens (primary N) is 1. The topological polar surface area (TPSA) is 93.2 Å². The molecule has 0 aliphatic heterocycles. The van der Waals surface area contributed by atoms with Gasteiger partial charge < -0.3 is 16.0 Å². The SMILES string of the molecule is CN(Cc1cnn(-c2ccccc2)c1)C(=O)CNC(=O)CN. The summed E-state index contributed by atoms with van der Waals surface area (Å²) in [6.07, 6.45) is 3.59. The van der Waals surface area contributed by atoms with Crippen LogP contribution in [-0.2, 0) is 16.1 Å². The Morgan fingerprint density at radius 1 is 1.32 bits per heavy atom. The van der Waals surface area contributed by atoms with Crippen molar-refractivity contribution in [1.29, 1.82) is 0 Å². The van der Waals surface area contributed by atoms with Gasteiger partial charge >= 0.3 is 0 Å². The van der Waals surface area contributed by atoms with Crippen molar-refractivity contribution in [2.45, 2.75) is 6.54 Å². The van der Waals surface area contributed by atoms with Gasteiger partial charge in [-0.05, 0) is 12.1 Å². The van der Waals surface area contributed by atoms with Crippen LogP contribution in [0.5, 0.6) is 0 Å². The minimum atomic E-state index is -0.348. The highest BCUT2D eigenvalue weighted by atomic mass is 16.2. The molecule has 0 bridgehead atoms. The summed E-state index contributed by atoms with van der Waals surface area (Å²) in [5, 5.41) is 6.73. The maximum Gasteiger partial charge on any atom is 0.242 e. The van der Waals surface area contributed by atoms with E-state index in [2.05, 4.69) is 10.4 Å². The number of likely N-dealkylation sites (N-methyl/N-ethyl adjacent to an activating group) is 1. The van der Waals surface area contributed by atoms with Gasteiger partial charge in [0.15, 0.2) is 0 Å². The second kappa shape index (κ2) is 7.37. The maximum atomic E-state index is 11.9. The van der Waals surface area contributed by atoms with E-state index in [-0.39, 0.29) is 24.9 Å². The summed E-state index contributed by atoms with van der Waals surface area (Å²) in [5.41, 5.74) is 7.03. The van der Waals surface area contributed by atoms with E-state index in [9.17, 15) is 9.59 Å². The molecule has 1 heterocycles. The third-order valence-electron chi connectivity index (χ3n) is 3.12. The summed E-state index contributed by atoms with van der Waals surface area (Å²) < 4.78 is 1.75. The van der Waals surface area contributed by atoms with Crippen LogP contribution in [-0.4, -0.2) is 46.6 Å². The largest absolute Gasteiger partial charge is 0.346 e. The Bertz CT molecular complexity index is 638. The molecule has 0 saturated carbocycles. The van der Waals surface area contributed by atoms with Crippen LogP contribution in [0.4, 0.5) is 0 Å². The Morgan fingerprint density at radius 3 is 2.73 bits per heavy atom. The average molecular weight is 301 g/mol. The molecule has 0 radical (unpaired) electrons. The summed E-state index contributed by atoms with van der Waals surface area (Å²) in [4.78, 5) is 24.5. The second-order valence-corrected chi connectivity index (χ2v) is 4.86. The maximum absolute atomic E-state index is 11.9. The molecule has 7 heteroatoms. The molecule has 7 nitrogen and oxygen atoms in total. The van der Waals surface area contributed by atoms with Gasteiger partial charge in [0.2, 0.25) is 11.8 Å². The van der Waals surface area contributed by atoms with Gasteiger partial charge in [0, 0.05) is 25.4 Å². The van der Waals surface area contributed by atoms with Crippen LogP contribution in [0.25, 0.3) is 5.69 Å². The molecular formula is C15H19N5O2. The Kier molecular flexibility index (Phi) is 5.26. The lowest BCUT2D eigenvalue weighted by atomic mass is 10.3. The minimum absolute atomic E-state index is 0.0562. The summed E-state index contributed by atoms with van der Waals surface area (Å²) in [7, 11) is 1.68. The highest BCUT2D eigenvalue weighted by Gasteiger charge is 2.11. The number of amides is 2. The first-order chi connectivity index (χ1) is 10.6. The first kappa shape index (κ1) is 15.7. The van der Waals surface area contributed by atoms with E-state index in [0.29, 0.717) is 6.54 Å². The molecule has 22 heavy (non-hydrogen) atoms. The van der Waals surface area contributed by atoms with Gasteiger partial charge in [0.25, 0.3) is 0 Å². The number of hydrogen-bond acceptors (Lipinski definition) is 4. The van der Waals surface area contributed by atoms with Gasteiger partial charge in [-0.3, -0.25) is 9.59 Å². The number of aromatic nitrogens is 2. The van der Waals surface area contributed by atoms with E-state index in [4.69, 9.17) is 5.73 Å². The van der Waals surface area contributed by atoms with Crippen molar-refractivity contribution in [1.82, 2.24) is 20.0 Å². The number of carbonyl (C=O) groups excluding carboxylic acids is 2. The molecule has 3 N–H and O–H groups in total. The van der Waals surface area contributed by atoms with Crippen LogP contribution in [0.1, 0.15) is 5.56 Å². The van der Waals surface area contributed by atoms with Gasteiger partial charge in [-0.15, -0.1) is 0 Å². The molecule has 116 valence electrons. The Morgan fingerprint density at radius 2 is 2.05 bits per heavy atom. The number of hydrogen-bond donors (Lipinski definition) is 2. The molecule has 0 atom stereocenters. The fourth-order valence-electron chi connectivity index (χ4n) is 1.91. The predicted octanol–water partition coefficient (Wildman–Crippen LogP) is -0.0944. The third kappa shape index (κ3) is 4.16. The molecule has 1 aromatic carbocycles. The molecule has 0 aliphatic carbocycles. The summed E-state index contributed by atoms with van der Waals surface area (Å²) in [5.74, 6) is -0.534. The molecule has 1 aromatic heterocycles. The summed E-state index contributed by atoms with van der Waals surface area (Å²) in [6, 6.07) is 9.72. The lowest BCUT2D eigenvalue weighted by molar-refractivity contribution is -0.131. The van der Waals surface area contributed by atoms with Crippen LogP contribution in [0.2, 0.25) is 0 Å². The van der Waals surface area contributed by atoms with Crippen LogP contribution in [0, 0.1) is 0 Å². The zero-order chi connectivity index (χ0) is 15.9. The Labute approximate surface area is 128 Å². The molecule has 0 unspecified atom stereocenters. The molecule has 0 saturated heterocycles. The molecular weight excluding hydrogens is 282 g/mol. The van der Waals surface area contributed by atoms with Crippen LogP contribution in [0.15, 0.2) is 42.7 Å². The highest BCUT2D eigenvalue weighted by Crippen LogP contribution is 2.09. The monoisotopic (exact) mass is 301 g/mol. The Hall–Kier alpha value is -2.67. The molecule has 0 aliphatic rings. The zero-order valence-electron chi connectivity index (χ0n) is 12.4. The second-order valence-electron chi connectivity index (χ2n) is 4.86. The normalized spacial score (nSPS) is 10.3. The van der Waals surface area contributed by atoms with Gasteiger partial charge in [-0.2, -0.15) is 5.10 Å². The van der Waals surface area contributed by atoms with E-state index < -0.39 is 0 Å². The van der Waals surface area contributed by atoms with E-state index in [1.54, 1.807) is 17.9 Å². The Balaban J connectivity index is 1.92. The van der Waals surface area contributed by atoms with Crippen molar-refractivity contribution in [2.75, 3.05) is 20.1 Å². The predicted molar refractivity (Wildman–Crippen MR) is 82.1 cm³/mol. The lowest BCUT2D eigenvalue weighted by Gasteiger charge is -2.16. The van der Waals surface area contributed by atoms with Gasteiger partial charge in [0.05, 0.1) is 25.0 Å². The quantitative estimate of drug-likeness (QED) is 0.779. The average Bonchev–Trinajstić information content (AvgIpc) is 3.01. The summed E-state index contributed by atoms with van der Waals surface area (Å²) in [6.45, 7) is 0.240. The number of carbonyl (C=O) groups is 2. The minimum Gasteiger partial charge on any atom is -0.346 e. The van der Waals surface area contributed by atoms with Gasteiger partial charge in [0.1, 0.15) is 0 Å². The van der Waals surface area contributed by atoms with E-state index >= 15 is 0 Å². The van der Waals surface area contributed by atoms with Crippen molar-refractivity contribution in [2.24, 2.45) is 5.73 Å². The van der Waals surface area contributed by atoms with E-state index in [1.165, 1.54) is 4.90 Å². The van der Waals surface area contributed by atoms with Crippen molar-refractivity contribution in [3.8, 4) is 5.69 Å². The first-order valence-corrected chi connectivity index (χ1v) is 6.90. The number of rotatable bonds is 6. The van der Waals surface area contributed by atoms with Crippen molar-refractivity contribution in [3.63, 3.8) is 0 Å². The van der Waals surface area contributed by atoms with Crippen molar-refractivity contribution >= 4 is 11.8 Å². The molecule has 0 fully saturated rings. The van der Waals surface area contributed by atoms with Crippen LogP contribution < -0.4 is 11.1 Å². The molecule has 2 rings (SSSR count). The number of nitrogens with zero attached hydrogens (tertiary/aromatic N) is 3. The summed E-state index contributed by atoms with van der Waals surface area (Å²) >= 11 is 0. The molecule has 2 amide bonds. The van der Waals surface area contributed by atoms with E-state index in [1.807, 2.05) is 36.5 Å². The first-order valence-electron chi connectivity index (χ1n) is 6.90. The van der Waals surface area contributed by atoms with Gasteiger partial charge in [-0.25, -0.2) is 4.68 Å². The number of benzene rings is 1. The van der Waals surface area contributed by atoms with Crippen molar-refractivity contribution < 1.29 is 9.59 Å². The fraction of sp³-hybridized carbons (Fsp3) is 0.267. The highest BCUT2D eigenvalue weighted by molar-refractivity contribution is 5.85. The molecule has 2 aromatic rings. The number of nitrogens with one attached hydrogen (secondary N) is 1. The molecule has 0 spiro atoms. The van der Waals surface area contributed by atoms with Crippen molar-refractivity contribution in [3.05, 3.63) is 48.3 Å². The number of para-hydroxylation sites is 1. The third-order valence-corrected chi connectivity index (χ3v) is 3.12. The lowest BCUT2D eigenvalue weighted by Crippen LogP contribution is -2.40. The smallest absolute Gasteiger partial charge is 0.242 e. The standard InChI is InChI=1S/C15H19N5O2/c1-19(15(22)9-17-14(21)7-16)10-12-8-18-20(11-12)13-5-3-2-4-6-13/h2-6,8,11H,7,9-10,16H2,1H3,(H,17,21). The fourth-order valence-corrected chi connectivity index (χ4v) is 1.91. The van der Waals surface area contributed by atoms with Crippen LogP contribution >= 0.6 is 0 Å². The van der Waals surface area contributed by atoms with E-state index in [0.717, 1.165) is 11.3 Å².